The van der Waals surface area contributed by atoms with Crippen LogP contribution in [0.2, 0.25) is 0 Å². The van der Waals surface area contributed by atoms with Crippen LogP contribution in [-0.4, -0.2) is 23.0 Å². The molecular formula is C16H22N2O3. The van der Waals surface area contributed by atoms with Gasteiger partial charge >= 0.3 is 5.97 Å². The first kappa shape index (κ1) is 15.5. The SMILES string of the molecule is NC1CCCCC1C(=O)NCc1ccccc1CC(=O)O. The maximum atomic E-state index is 12.2. The Labute approximate surface area is 124 Å². The molecule has 0 radical (unpaired) electrons. The van der Waals surface area contributed by atoms with Gasteiger partial charge in [0, 0.05) is 12.6 Å². The normalized spacial score (nSPS) is 21.8. The monoisotopic (exact) mass is 290 g/mol. The van der Waals surface area contributed by atoms with Gasteiger partial charge in [-0.05, 0) is 24.0 Å². The average Bonchev–Trinajstić information content (AvgIpc) is 2.46. The number of rotatable bonds is 5. The summed E-state index contributed by atoms with van der Waals surface area (Å²) in [5.74, 6) is -1.01. The molecule has 1 saturated carbocycles. The highest BCUT2D eigenvalue weighted by atomic mass is 16.4. The summed E-state index contributed by atoms with van der Waals surface area (Å²) in [5.41, 5.74) is 7.59. The van der Waals surface area contributed by atoms with Gasteiger partial charge in [0.1, 0.15) is 0 Å². The Morgan fingerprint density at radius 1 is 1.19 bits per heavy atom. The van der Waals surface area contributed by atoms with Crippen LogP contribution >= 0.6 is 0 Å². The summed E-state index contributed by atoms with van der Waals surface area (Å²) in [5, 5.41) is 11.8. The van der Waals surface area contributed by atoms with Crippen molar-refractivity contribution in [2.45, 2.75) is 44.7 Å². The number of hydrogen-bond donors (Lipinski definition) is 3. The molecule has 0 aromatic heterocycles. The fourth-order valence-corrected chi connectivity index (χ4v) is 2.86. The van der Waals surface area contributed by atoms with Crippen molar-refractivity contribution in [3.05, 3.63) is 35.4 Å². The van der Waals surface area contributed by atoms with Gasteiger partial charge < -0.3 is 16.2 Å². The maximum Gasteiger partial charge on any atom is 0.307 e. The molecule has 1 aromatic rings. The second-order valence-electron chi connectivity index (χ2n) is 5.61. The molecule has 1 amide bonds. The average molecular weight is 290 g/mol. The summed E-state index contributed by atoms with van der Waals surface area (Å²) in [7, 11) is 0. The molecule has 1 aliphatic carbocycles. The van der Waals surface area contributed by atoms with Crippen molar-refractivity contribution in [2.75, 3.05) is 0 Å². The predicted molar refractivity (Wildman–Crippen MR) is 79.6 cm³/mol. The highest BCUT2D eigenvalue weighted by Crippen LogP contribution is 2.23. The highest BCUT2D eigenvalue weighted by molar-refractivity contribution is 5.79. The molecule has 1 fully saturated rings. The first-order valence-corrected chi connectivity index (χ1v) is 7.40. The van der Waals surface area contributed by atoms with Crippen LogP contribution in [0, 0.1) is 5.92 Å². The standard InChI is InChI=1S/C16H22N2O3/c17-14-8-4-3-7-13(14)16(21)18-10-12-6-2-1-5-11(12)9-15(19)20/h1-2,5-6,13-14H,3-4,7-10,17H2,(H,18,21)(H,19,20). The van der Waals surface area contributed by atoms with E-state index in [-0.39, 0.29) is 24.3 Å². The van der Waals surface area contributed by atoms with Crippen LogP contribution in [0.4, 0.5) is 0 Å². The van der Waals surface area contributed by atoms with Crippen molar-refractivity contribution in [3.63, 3.8) is 0 Å². The highest BCUT2D eigenvalue weighted by Gasteiger charge is 2.27. The van der Waals surface area contributed by atoms with E-state index in [0.717, 1.165) is 36.8 Å². The minimum absolute atomic E-state index is 0.0210. The predicted octanol–water partition coefficient (Wildman–Crippen LogP) is 1.45. The number of carbonyl (C=O) groups is 2. The Hall–Kier alpha value is -1.88. The number of carboxylic acid groups (broad SMARTS) is 1. The molecule has 5 nitrogen and oxygen atoms in total. The van der Waals surface area contributed by atoms with Crippen molar-refractivity contribution >= 4 is 11.9 Å². The third-order valence-electron chi connectivity index (χ3n) is 4.07. The lowest BCUT2D eigenvalue weighted by Crippen LogP contribution is -2.43. The van der Waals surface area contributed by atoms with Crippen LogP contribution in [0.3, 0.4) is 0 Å². The summed E-state index contributed by atoms with van der Waals surface area (Å²) in [6.45, 7) is 0.353. The summed E-state index contributed by atoms with van der Waals surface area (Å²) >= 11 is 0. The van der Waals surface area contributed by atoms with E-state index in [4.69, 9.17) is 10.8 Å². The van der Waals surface area contributed by atoms with Gasteiger partial charge in [-0.15, -0.1) is 0 Å². The molecule has 0 heterocycles. The van der Waals surface area contributed by atoms with Crippen LogP contribution in [0.25, 0.3) is 0 Å². The number of nitrogens with one attached hydrogen (secondary N) is 1. The van der Waals surface area contributed by atoms with Crippen LogP contribution in [0.5, 0.6) is 0 Å². The molecule has 1 aromatic carbocycles. The molecule has 4 N–H and O–H groups in total. The third-order valence-corrected chi connectivity index (χ3v) is 4.07. The zero-order valence-corrected chi connectivity index (χ0v) is 12.0. The number of hydrogen-bond acceptors (Lipinski definition) is 3. The maximum absolute atomic E-state index is 12.2. The lowest BCUT2D eigenvalue weighted by Gasteiger charge is -2.27. The molecule has 0 bridgehead atoms. The van der Waals surface area contributed by atoms with Crippen LogP contribution < -0.4 is 11.1 Å². The third kappa shape index (κ3) is 4.29. The summed E-state index contributed by atoms with van der Waals surface area (Å²) in [6.07, 6.45) is 3.83. The number of benzene rings is 1. The number of amides is 1. The quantitative estimate of drug-likeness (QED) is 0.765. The molecule has 2 rings (SSSR count). The summed E-state index contributed by atoms with van der Waals surface area (Å²) in [6, 6.07) is 7.22. The Kier molecular flexibility index (Phi) is 5.33. The van der Waals surface area contributed by atoms with E-state index in [1.54, 1.807) is 12.1 Å². The smallest absolute Gasteiger partial charge is 0.307 e. The lowest BCUT2D eigenvalue weighted by atomic mass is 9.84. The number of nitrogens with two attached hydrogens (primary N) is 1. The van der Waals surface area contributed by atoms with Crippen LogP contribution in [-0.2, 0) is 22.6 Å². The molecule has 2 unspecified atom stereocenters. The topological polar surface area (TPSA) is 92.4 Å². The number of carbonyl (C=O) groups excluding carboxylic acids is 1. The molecule has 114 valence electrons. The molecule has 21 heavy (non-hydrogen) atoms. The Morgan fingerprint density at radius 2 is 1.86 bits per heavy atom. The zero-order valence-electron chi connectivity index (χ0n) is 12.0. The van der Waals surface area contributed by atoms with Gasteiger partial charge in [0.15, 0.2) is 0 Å². The van der Waals surface area contributed by atoms with Gasteiger partial charge in [-0.3, -0.25) is 9.59 Å². The molecule has 0 saturated heterocycles. The van der Waals surface area contributed by atoms with E-state index < -0.39 is 5.97 Å². The van der Waals surface area contributed by atoms with Gasteiger partial charge in [0.05, 0.1) is 12.3 Å². The van der Waals surface area contributed by atoms with Gasteiger partial charge in [0.2, 0.25) is 5.91 Å². The molecule has 0 aliphatic heterocycles. The van der Waals surface area contributed by atoms with Crippen LogP contribution in [0.1, 0.15) is 36.8 Å². The second kappa shape index (κ2) is 7.22. The Balaban J connectivity index is 1.96. The summed E-state index contributed by atoms with van der Waals surface area (Å²) < 4.78 is 0. The molecular weight excluding hydrogens is 268 g/mol. The molecule has 5 heteroatoms. The Bertz CT molecular complexity index is 516. The zero-order chi connectivity index (χ0) is 15.2. The number of carboxylic acids is 1. The number of aliphatic carboxylic acids is 1. The van der Waals surface area contributed by atoms with Gasteiger partial charge in [-0.2, -0.15) is 0 Å². The van der Waals surface area contributed by atoms with Gasteiger partial charge in [-0.1, -0.05) is 37.1 Å². The summed E-state index contributed by atoms with van der Waals surface area (Å²) in [4.78, 5) is 23.1. The van der Waals surface area contributed by atoms with E-state index in [0.29, 0.717) is 6.54 Å². The van der Waals surface area contributed by atoms with Crippen molar-refractivity contribution in [1.82, 2.24) is 5.32 Å². The van der Waals surface area contributed by atoms with Crippen molar-refractivity contribution in [1.29, 1.82) is 0 Å². The minimum atomic E-state index is -0.872. The first-order valence-electron chi connectivity index (χ1n) is 7.40. The van der Waals surface area contributed by atoms with Crippen LogP contribution in [0.15, 0.2) is 24.3 Å². The van der Waals surface area contributed by atoms with Gasteiger partial charge in [-0.25, -0.2) is 0 Å². The second-order valence-corrected chi connectivity index (χ2v) is 5.61. The molecule has 0 spiro atoms. The van der Waals surface area contributed by atoms with E-state index in [2.05, 4.69) is 5.32 Å². The Morgan fingerprint density at radius 3 is 2.52 bits per heavy atom. The van der Waals surface area contributed by atoms with Crippen molar-refractivity contribution < 1.29 is 14.7 Å². The molecule has 2 atom stereocenters. The van der Waals surface area contributed by atoms with E-state index in [1.165, 1.54) is 0 Å². The first-order chi connectivity index (χ1) is 10.1. The molecule has 1 aliphatic rings. The fourth-order valence-electron chi connectivity index (χ4n) is 2.86. The largest absolute Gasteiger partial charge is 0.481 e. The van der Waals surface area contributed by atoms with Gasteiger partial charge in [0.25, 0.3) is 0 Å². The van der Waals surface area contributed by atoms with E-state index >= 15 is 0 Å². The fraction of sp³-hybridized carbons (Fsp3) is 0.500. The minimum Gasteiger partial charge on any atom is -0.481 e. The lowest BCUT2D eigenvalue weighted by molar-refractivity contribution is -0.136. The van der Waals surface area contributed by atoms with Crippen molar-refractivity contribution in [2.24, 2.45) is 11.7 Å². The van der Waals surface area contributed by atoms with Crippen molar-refractivity contribution in [3.8, 4) is 0 Å². The van der Waals surface area contributed by atoms with E-state index in [9.17, 15) is 9.59 Å². The van der Waals surface area contributed by atoms with E-state index in [1.807, 2.05) is 12.1 Å².